The Labute approximate surface area is 137 Å². The standard InChI is InChI=1S/C19H24N2O2/c1-12-9-10-16(18(23)20(12)5)21-11-14-13(17(21)22)7-6-8-15(14)19(2,3)4/h6-8,16H,1,9-11H2,2-5H3. The van der Waals surface area contributed by atoms with Gasteiger partial charge in [-0.3, -0.25) is 9.59 Å². The number of piperidine rings is 1. The van der Waals surface area contributed by atoms with E-state index >= 15 is 0 Å². The number of likely N-dealkylation sites (N-methyl/N-ethyl adjacent to an activating group) is 1. The lowest BCUT2D eigenvalue weighted by atomic mass is 9.83. The zero-order valence-corrected chi connectivity index (χ0v) is 14.3. The van der Waals surface area contributed by atoms with Crippen LogP contribution in [0.2, 0.25) is 0 Å². The number of amides is 2. The lowest BCUT2D eigenvalue weighted by Gasteiger charge is -2.36. The molecule has 2 aliphatic heterocycles. The minimum atomic E-state index is -0.377. The number of allylic oxidation sites excluding steroid dienone is 1. The van der Waals surface area contributed by atoms with Crippen molar-refractivity contribution in [3.8, 4) is 0 Å². The van der Waals surface area contributed by atoms with Crippen molar-refractivity contribution < 1.29 is 9.59 Å². The van der Waals surface area contributed by atoms with Crippen LogP contribution in [-0.2, 0) is 16.8 Å². The Kier molecular flexibility index (Phi) is 3.58. The molecule has 1 unspecified atom stereocenters. The maximum Gasteiger partial charge on any atom is 0.255 e. The average Bonchev–Trinajstić information content (AvgIpc) is 2.81. The summed E-state index contributed by atoms with van der Waals surface area (Å²) in [5, 5.41) is 0. The Hall–Kier alpha value is -2.10. The largest absolute Gasteiger partial charge is 0.322 e. The van der Waals surface area contributed by atoms with E-state index in [2.05, 4.69) is 33.4 Å². The summed E-state index contributed by atoms with van der Waals surface area (Å²) >= 11 is 0. The van der Waals surface area contributed by atoms with Crippen molar-refractivity contribution in [1.29, 1.82) is 0 Å². The van der Waals surface area contributed by atoms with E-state index in [1.807, 2.05) is 12.1 Å². The summed E-state index contributed by atoms with van der Waals surface area (Å²) in [7, 11) is 1.74. The molecule has 4 heteroatoms. The minimum Gasteiger partial charge on any atom is -0.322 e. The Bertz CT molecular complexity index is 700. The van der Waals surface area contributed by atoms with Crippen molar-refractivity contribution in [2.24, 2.45) is 0 Å². The highest BCUT2D eigenvalue weighted by atomic mass is 16.2. The SMILES string of the molecule is C=C1CCC(N2Cc3c(cccc3C(C)(C)C)C2=O)C(=O)N1C. The Balaban J connectivity index is 1.96. The van der Waals surface area contributed by atoms with E-state index in [0.29, 0.717) is 13.0 Å². The van der Waals surface area contributed by atoms with Gasteiger partial charge in [-0.1, -0.05) is 39.5 Å². The molecule has 1 fully saturated rings. The number of nitrogens with zero attached hydrogens (tertiary/aromatic N) is 2. The molecule has 3 rings (SSSR count). The monoisotopic (exact) mass is 312 g/mol. The highest BCUT2D eigenvalue weighted by Gasteiger charge is 2.41. The van der Waals surface area contributed by atoms with Crippen LogP contribution in [0.1, 0.15) is 55.1 Å². The highest BCUT2D eigenvalue weighted by molar-refractivity contribution is 6.01. The molecule has 2 heterocycles. The van der Waals surface area contributed by atoms with Crippen LogP contribution in [0.5, 0.6) is 0 Å². The van der Waals surface area contributed by atoms with Gasteiger partial charge in [-0.25, -0.2) is 0 Å². The summed E-state index contributed by atoms with van der Waals surface area (Å²) in [6, 6.07) is 5.53. The minimum absolute atomic E-state index is 0.0228. The maximum absolute atomic E-state index is 12.8. The smallest absolute Gasteiger partial charge is 0.255 e. The molecule has 0 saturated carbocycles. The van der Waals surface area contributed by atoms with E-state index in [1.165, 1.54) is 5.56 Å². The van der Waals surface area contributed by atoms with Crippen LogP contribution in [0.15, 0.2) is 30.5 Å². The van der Waals surface area contributed by atoms with E-state index in [9.17, 15) is 9.59 Å². The Morgan fingerprint density at radius 3 is 2.57 bits per heavy atom. The first-order valence-corrected chi connectivity index (χ1v) is 8.10. The molecule has 0 radical (unpaired) electrons. The number of carbonyl (C=O) groups excluding carboxylic acids is 2. The quantitative estimate of drug-likeness (QED) is 0.799. The van der Waals surface area contributed by atoms with Crippen LogP contribution < -0.4 is 0 Å². The van der Waals surface area contributed by atoms with E-state index in [4.69, 9.17) is 0 Å². The zero-order valence-electron chi connectivity index (χ0n) is 14.3. The van der Waals surface area contributed by atoms with Crippen molar-refractivity contribution >= 4 is 11.8 Å². The summed E-state index contributed by atoms with van der Waals surface area (Å²) in [5.41, 5.74) is 3.81. The molecule has 0 N–H and O–H groups in total. The molecule has 0 aromatic heterocycles. The van der Waals surface area contributed by atoms with Gasteiger partial charge in [-0.15, -0.1) is 0 Å². The van der Waals surface area contributed by atoms with Gasteiger partial charge in [0.25, 0.3) is 5.91 Å². The average molecular weight is 312 g/mol. The summed E-state index contributed by atoms with van der Waals surface area (Å²) in [5.74, 6) is -0.0509. The van der Waals surface area contributed by atoms with Crippen molar-refractivity contribution in [2.75, 3.05) is 7.05 Å². The number of carbonyl (C=O) groups is 2. The molecule has 0 aliphatic carbocycles. The molecule has 2 amide bonds. The van der Waals surface area contributed by atoms with Gasteiger partial charge < -0.3 is 9.80 Å². The summed E-state index contributed by atoms with van der Waals surface area (Å²) in [4.78, 5) is 28.7. The number of benzene rings is 1. The molecule has 122 valence electrons. The lowest BCUT2D eigenvalue weighted by Crippen LogP contribution is -2.50. The molecule has 2 aliphatic rings. The van der Waals surface area contributed by atoms with E-state index in [-0.39, 0.29) is 23.3 Å². The molecule has 0 spiro atoms. The summed E-state index contributed by atoms with van der Waals surface area (Å²) < 4.78 is 0. The summed E-state index contributed by atoms with van der Waals surface area (Å²) in [6.07, 6.45) is 1.41. The van der Waals surface area contributed by atoms with Crippen LogP contribution in [0.4, 0.5) is 0 Å². The molecule has 4 nitrogen and oxygen atoms in total. The van der Waals surface area contributed by atoms with Gasteiger partial charge in [0.2, 0.25) is 5.91 Å². The van der Waals surface area contributed by atoms with Gasteiger partial charge in [0, 0.05) is 24.9 Å². The normalized spacial score (nSPS) is 21.9. The van der Waals surface area contributed by atoms with Crippen LogP contribution in [0.3, 0.4) is 0 Å². The van der Waals surface area contributed by atoms with E-state index in [1.54, 1.807) is 16.8 Å². The van der Waals surface area contributed by atoms with Gasteiger partial charge in [0.15, 0.2) is 0 Å². The van der Waals surface area contributed by atoms with Gasteiger partial charge in [0.05, 0.1) is 0 Å². The van der Waals surface area contributed by atoms with Crippen LogP contribution in [-0.4, -0.2) is 34.7 Å². The third-order valence-electron chi connectivity index (χ3n) is 4.98. The number of hydrogen-bond acceptors (Lipinski definition) is 2. The molecule has 1 atom stereocenters. The molecule has 23 heavy (non-hydrogen) atoms. The molecular weight excluding hydrogens is 288 g/mol. The Morgan fingerprint density at radius 2 is 1.91 bits per heavy atom. The van der Waals surface area contributed by atoms with E-state index < -0.39 is 0 Å². The fourth-order valence-corrected chi connectivity index (χ4v) is 3.57. The van der Waals surface area contributed by atoms with Crippen LogP contribution in [0, 0.1) is 0 Å². The predicted octanol–water partition coefficient (Wildman–Crippen LogP) is 3.07. The van der Waals surface area contributed by atoms with Gasteiger partial charge in [0.1, 0.15) is 6.04 Å². The molecule has 1 aromatic carbocycles. The van der Waals surface area contributed by atoms with Crippen molar-refractivity contribution in [3.05, 3.63) is 47.2 Å². The first kappa shape index (κ1) is 15.8. The topological polar surface area (TPSA) is 40.6 Å². The van der Waals surface area contributed by atoms with Crippen molar-refractivity contribution in [2.45, 2.75) is 51.6 Å². The number of hydrogen-bond donors (Lipinski definition) is 0. The van der Waals surface area contributed by atoms with Crippen LogP contribution >= 0.6 is 0 Å². The number of rotatable bonds is 1. The third-order valence-corrected chi connectivity index (χ3v) is 4.98. The first-order chi connectivity index (χ1) is 10.7. The summed E-state index contributed by atoms with van der Waals surface area (Å²) in [6.45, 7) is 10.9. The second kappa shape index (κ2) is 5.22. The van der Waals surface area contributed by atoms with Crippen molar-refractivity contribution in [1.82, 2.24) is 9.80 Å². The predicted molar refractivity (Wildman–Crippen MR) is 89.9 cm³/mol. The maximum atomic E-state index is 12.8. The highest BCUT2D eigenvalue weighted by Crippen LogP contribution is 2.36. The molecular formula is C19H24N2O2. The first-order valence-electron chi connectivity index (χ1n) is 8.10. The lowest BCUT2D eigenvalue weighted by molar-refractivity contribution is -0.135. The molecule has 1 saturated heterocycles. The fraction of sp³-hybridized carbons (Fsp3) is 0.474. The Morgan fingerprint density at radius 1 is 1.22 bits per heavy atom. The van der Waals surface area contributed by atoms with Gasteiger partial charge >= 0.3 is 0 Å². The van der Waals surface area contributed by atoms with E-state index in [0.717, 1.165) is 23.2 Å². The van der Waals surface area contributed by atoms with Gasteiger partial charge in [-0.05, 0) is 35.4 Å². The second-order valence-electron chi connectivity index (χ2n) is 7.53. The molecule has 0 bridgehead atoms. The second-order valence-corrected chi connectivity index (χ2v) is 7.53. The number of likely N-dealkylation sites (tertiary alicyclic amines) is 1. The van der Waals surface area contributed by atoms with Gasteiger partial charge in [-0.2, -0.15) is 0 Å². The zero-order chi connectivity index (χ0) is 16.9. The van der Waals surface area contributed by atoms with Crippen molar-refractivity contribution in [3.63, 3.8) is 0 Å². The number of fused-ring (bicyclic) bond motifs is 1. The van der Waals surface area contributed by atoms with Crippen LogP contribution in [0.25, 0.3) is 0 Å². The third kappa shape index (κ3) is 2.46. The molecule has 1 aromatic rings. The fourth-order valence-electron chi connectivity index (χ4n) is 3.57.